The van der Waals surface area contributed by atoms with Gasteiger partial charge in [-0.1, -0.05) is 45.8 Å². The third kappa shape index (κ3) is 2.89. The maximum Gasteiger partial charge on any atom is 0.0420 e. The summed E-state index contributed by atoms with van der Waals surface area (Å²) in [5.41, 5.74) is 2.39. The fraction of sp³-hybridized carbons (Fsp3) is 0.200. The molecule has 17 heavy (non-hydrogen) atoms. The van der Waals surface area contributed by atoms with E-state index in [0.717, 1.165) is 17.4 Å². The highest BCUT2D eigenvalue weighted by atomic mass is 79.9. The number of rotatable bonds is 4. The van der Waals surface area contributed by atoms with Crippen molar-refractivity contribution in [1.82, 2.24) is 0 Å². The van der Waals surface area contributed by atoms with Crippen LogP contribution < -0.4 is 5.32 Å². The molecular weight excluding hydrogens is 274 g/mol. The van der Waals surface area contributed by atoms with Crippen molar-refractivity contribution >= 4 is 32.4 Å². The number of nitrogens with one attached hydrogen (secondary N) is 1. The zero-order chi connectivity index (χ0) is 12.3. The summed E-state index contributed by atoms with van der Waals surface area (Å²) in [7, 11) is 0. The van der Waals surface area contributed by atoms with Gasteiger partial charge in [0.2, 0.25) is 0 Å². The summed E-state index contributed by atoms with van der Waals surface area (Å²) in [5.74, 6) is 0. The Hall–Kier alpha value is -1.28. The SMILES string of the molecule is C=C(C)CCNc1ccc(Br)c2ccccc12. The van der Waals surface area contributed by atoms with Crippen LogP contribution in [0.5, 0.6) is 0 Å². The van der Waals surface area contributed by atoms with Crippen LogP contribution in [0.4, 0.5) is 5.69 Å². The molecule has 0 atom stereocenters. The van der Waals surface area contributed by atoms with E-state index in [4.69, 9.17) is 0 Å². The van der Waals surface area contributed by atoms with Gasteiger partial charge in [-0.15, -0.1) is 6.58 Å². The molecule has 0 aliphatic carbocycles. The van der Waals surface area contributed by atoms with Crippen LogP contribution in [-0.4, -0.2) is 6.54 Å². The third-order valence-electron chi connectivity index (χ3n) is 2.74. The summed E-state index contributed by atoms with van der Waals surface area (Å²) in [6.45, 7) is 6.90. The average molecular weight is 290 g/mol. The third-order valence-corrected chi connectivity index (χ3v) is 3.43. The largest absolute Gasteiger partial charge is 0.384 e. The van der Waals surface area contributed by atoms with Crippen molar-refractivity contribution in [1.29, 1.82) is 0 Å². The van der Waals surface area contributed by atoms with Gasteiger partial charge in [0.1, 0.15) is 0 Å². The van der Waals surface area contributed by atoms with Gasteiger partial charge in [-0.2, -0.15) is 0 Å². The van der Waals surface area contributed by atoms with E-state index >= 15 is 0 Å². The first kappa shape index (κ1) is 12.2. The van der Waals surface area contributed by atoms with Gasteiger partial charge in [0, 0.05) is 22.1 Å². The fourth-order valence-electron chi connectivity index (χ4n) is 1.83. The summed E-state index contributed by atoms with van der Waals surface area (Å²) in [5, 5.41) is 5.96. The lowest BCUT2D eigenvalue weighted by molar-refractivity contribution is 1.00. The minimum Gasteiger partial charge on any atom is -0.384 e. The summed E-state index contributed by atoms with van der Waals surface area (Å²) in [6.07, 6.45) is 1.00. The van der Waals surface area contributed by atoms with Crippen molar-refractivity contribution in [2.45, 2.75) is 13.3 Å². The van der Waals surface area contributed by atoms with E-state index in [9.17, 15) is 0 Å². The van der Waals surface area contributed by atoms with Crippen molar-refractivity contribution in [3.05, 3.63) is 53.0 Å². The topological polar surface area (TPSA) is 12.0 Å². The Morgan fingerprint density at radius 1 is 1.18 bits per heavy atom. The second kappa shape index (κ2) is 5.37. The van der Waals surface area contributed by atoms with Crippen LogP contribution in [0.1, 0.15) is 13.3 Å². The minimum absolute atomic E-state index is 0.932. The lowest BCUT2D eigenvalue weighted by Gasteiger charge is -2.10. The summed E-state index contributed by atoms with van der Waals surface area (Å²) < 4.78 is 1.14. The van der Waals surface area contributed by atoms with E-state index in [0.29, 0.717) is 0 Å². The molecule has 0 saturated carbocycles. The highest BCUT2D eigenvalue weighted by molar-refractivity contribution is 9.10. The van der Waals surface area contributed by atoms with Gasteiger partial charge < -0.3 is 5.32 Å². The van der Waals surface area contributed by atoms with Crippen LogP contribution in [0.15, 0.2) is 53.0 Å². The number of hydrogen-bond donors (Lipinski definition) is 1. The number of benzene rings is 2. The smallest absolute Gasteiger partial charge is 0.0420 e. The van der Waals surface area contributed by atoms with Crippen LogP contribution in [0.3, 0.4) is 0 Å². The standard InChI is InChI=1S/C15H16BrN/c1-11(2)9-10-17-15-8-7-14(16)12-5-3-4-6-13(12)15/h3-8,17H,1,9-10H2,2H3. The van der Waals surface area contributed by atoms with Crippen molar-refractivity contribution in [2.24, 2.45) is 0 Å². The molecule has 0 radical (unpaired) electrons. The molecule has 0 bridgehead atoms. The predicted molar refractivity (Wildman–Crippen MR) is 79.6 cm³/mol. The molecule has 2 rings (SSSR count). The predicted octanol–water partition coefficient (Wildman–Crippen LogP) is 4.98. The molecule has 0 fully saturated rings. The molecule has 0 heterocycles. The maximum absolute atomic E-state index is 3.92. The Balaban J connectivity index is 2.28. The lowest BCUT2D eigenvalue weighted by Crippen LogP contribution is -2.02. The van der Waals surface area contributed by atoms with Gasteiger partial charge in [-0.05, 0) is 30.9 Å². The number of fused-ring (bicyclic) bond motifs is 1. The van der Waals surface area contributed by atoms with E-state index in [1.807, 2.05) is 0 Å². The van der Waals surface area contributed by atoms with E-state index in [1.54, 1.807) is 0 Å². The van der Waals surface area contributed by atoms with Gasteiger partial charge in [-0.25, -0.2) is 0 Å². The Morgan fingerprint density at radius 2 is 1.88 bits per heavy atom. The van der Waals surface area contributed by atoms with Crippen molar-refractivity contribution in [3.63, 3.8) is 0 Å². The first-order valence-corrected chi connectivity index (χ1v) is 6.53. The number of hydrogen-bond acceptors (Lipinski definition) is 1. The Bertz CT molecular complexity index is 546. The van der Waals surface area contributed by atoms with Gasteiger partial charge >= 0.3 is 0 Å². The molecule has 88 valence electrons. The first-order chi connectivity index (χ1) is 8.18. The van der Waals surface area contributed by atoms with E-state index in [1.165, 1.54) is 22.0 Å². The molecule has 2 aromatic rings. The first-order valence-electron chi connectivity index (χ1n) is 5.74. The Kier molecular flexibility index (Phi) is 3.85. The maximum atomic E-state index is 3.92. The molecule has 0 aliphatic heterocycles. The summed E-state index contributed by atoms with van der Waals surface area (Å²) in [6, 6.07) is 12.6. The Labute approximate surface area is 111 Å². The Morgan fingerprint density at radius 3 is 2.59 bits per heavy atom. The number of anilines is 1. The molecule has 0 saturated heterocycles. The minimum atomic E-state index is 0.932. The van der Waals surface area contributed by atoms with Crippen LogP contribution in [0.25, 0.3) is 10.8 Å². The normalized spacial score (nSPS) is 10.5. The highest BCUT2D eigenvalue weighted by Gasteiger charge is 2.02. The quantitative estimate of drug-likeness (QED) is 0.783. The monoisotopic (exact) mass is 289 g/mol. The van der Waals surface area contributed by atoms with Crippen molar-refractivity contribution in [2.75, 3.05) is 11.9 Å². The van der Waals surface area contributed by atoms with Crippen LogP contribution in [0, 0.1) is 0 Å². The molecule has 1 N–H and O–H groups in total. The van der Waals surface area contributed by atoms with E-state index in [2.05, 4.69) is 71.1 Å². The molecule has 1 nitrogen and oxygen atoms in total. The molecule has 0 aliphatic rings. The van der Waals surface area contributed by atoms with Gasteiger partial charge in [0.05, 0.1) is 0 Å². The molecule has 0 aromatic heterocycles. The van der Waals surface area contributed by atoms with Gasteiger partial charge in [-0.3, -0.25) is 0 Å². The molecule has 2 heteroatoms. The van der Waals surface area contributed by atoms with Crippen molar-refractivity contribution in [3.8, 4) is 0 Å². The van der Waals surface area contributed by atoms with E-state index < -0.39 is 0 Å². The number of halogens is 1. The van der Waals surface area contributed by atoms with Gasteiger partial charge in [0.15, 0.2) is 0 Å². The van der Waals surface area contributed by atoms with E-state index in [-0.39, 0.29) is 0 Å². The van der Waals surface area contributed by atoms with Crippen LogP contribution in [0.2, 0.25) is 0 Å². The second-order valence-electron chi connectivity index (χ2n) is 4.27. The summed E-state index contributed by atoms with van der Waals surface area (Å²) >= 11 is 3.58. The van der Waals surface area contributed by atoms with Crippen LogP contribution >= 0.6 is 15.9 Å². The van der Waals surface area contributed by atoms with Crippen molar-refractivity contribution < 1.29 is 0 Å². The molecule has 0 amide bonds. The average Bonchev–Trinajstić information content (AvgIpc) is 2.32. The lowest BCUT2D eigenvalue weighted by atomic mass is 10.1. The molecule has 2 aromatic carbocycles. The van der Waals surface area contributed by atoms with Gasteiger partial charge in [0.25, 0.3) is 0 Å². The fourth-order valence-corrected chi connectivity index (χ4v) is 2.30. The second-order valence-corrected chi connectivity index (χ2v) is 5.13. The summed E-state index contributed by atoms with van der Waals surface area (Å²) in [4.78, 5) is 0. The molecular formula is C15H16BrN. The molecule has 0 unspecified atom stereocenters. The zero-order valence-corrected chi connectivity index (χ0v) is 11.5. The highest BCUT2D eigenvalue weighted by Crippen LogP contribution is 2.29. The van der Waals surface area contributed by atoms with Crippen LogP contribution in [-0.2, 0) is 0 Å². The zero-order valence-electron chi connectivity index (χ0n) is 9.96. The molecule has 0 spiro atoms.